The highest BCUT2D eigenvalue weighted by Crippen LogP contribution is 2.14. The van der Waals surface area contributed by atoms with Crippen molar-refractivity contribution in [1.82, 2.24) is 5.32 Å². The molecule has 0 saturated heterocycles. The van der Waals surface area contributed by atoms with E-state index in [0.29, 0.717) is 0 Å². The third-order valence-electron chi connectivity index (χ3n) is 3.39. The molecule has 0 heterocycles. The number of hydrogen-bond acceptors (Lipinski definition) is 2. The maximum absolute atomic E-state index is 11.9. The van der Waals surface area contributed by atoms with Crippen molar-refractivity contribution >= 4 is 5.91 Å². The van der Waals surface area contributed by atoms with Crippen LogP contribution >= 0.6 is 0 Å². The van der Waals surface area contributed by atoms with Gasteiger partial charge in [0.25, 0.3) is 0 Å². The van der Waals surface area contributed by atoms with Crippen molar-refractivity contribution in [2.75, 3.05) is 6.54 Å². The van der Waals surface area contributed by atoms with Crippen LogP contribution in [0, 0.1) is 6.92 Å². The normalized spacial score (nSPS) is 13.7. The van der Waals surface area contributed by atoms with E-state index in [1.54, 1.807) is 0 Å². The summed E-state index contributed by atoms with van der Waals surface area (Å²) < 4.78 is 0. The van der Waals surface area contributed by atoms with Crippen molar-refractivity contribution < 1.29 is 9.90 Å². The van der Waals surface area contributed by atoms with E-state index >= 15 is 0 Å². The molecule has 19 heavy (non-hydrogen) atoms. The van der Waals surface area contributed by atoms with Gasteiger partial charge in [-0.1, -0.05) is 42.3 Å². The molecule has 1 atom stereocenters. The Kier molecular flexibility index (Phi) is 5.77. The summed E-state index contributed by atoms with van der Waals surface area (Å²) in [7, 11) is 0. The van der Waals surface area contributed by atoms with Gasteiger partial charge >= 0.3 is 0 Å². The summed E-state index contributed by atoms with van der Waals surface area (Å²) in [6.45, 7) is 8.00. The summed E-state index contributed by atoms with van der Waals surface area (Å²) in [5, 5.41) is 12.8. The van der Waals surface area contributed by atoms with Crippen LogP contribution in [-0.4, -0.2) is 17.6 Å². The lowest BCUT2D eigenvalue weighted by Gasteiger charge is -2.14. The number of allylic oxidation sites excluding steroid dienone is 1. The van der Waals surface area contributed by atoms with Crippen molar-refractivity contribution in [3.8, 4) is 0 Å². The quantitative estimate of drug-likeness (QED) is 0.801. The van der Waals surface area contributed by atoms with Gasteiger partial charge in [-0.3, -0.25) is 4.79 Å². The second-order valence-electron chi connectivity index (χ2n) is 4.90. The molecule has 0 aliphatic heterocycles. The first-order valence-corrected chi connectivity index (χ1v) is 6.64. The Labute approximate surface area is 115 Å². The third kappa shape index (κ3) is 4.52. The van der Waals surface area contributed by atoms with Gasteiger partial charge in [-0.05, 0) is 32.8 Å². The molecule has 2 N–H and O–H groups in total. The van der Waals surface area contributed by atoms with E-state index in [9.17, 15) is 9.90 Å². The van der Waals surface area contributed by atoms with Gasteiger partial charge in [-0.2, -0.15) is 0 Å². The second kappa shape index (κ2) is 7.10. The molecular weight excluding hydrogens is 238 g/mol. The van der Waals surface area contributed by atoms with Gasteiger partial charge in [0, 0.05) is 12.1 Å². The van der Waals surface area contributed by atoms with Crippen LogP contribution in [-0.2, 0) is 4.79 Å². The van der Waals surface area contributed by atoms with Gasteiger partial charge < -0.3 is 10.4 Å². The molecule has 1 aromatic rings. The fraction of sp³-hybridized carbons (Fsp3) is 0.438. The maximum Gasteiger partial charge on any atom is 0.246 e. The minimum Gasteiger partial charge on any atom is -0.387 e. The Morgan fingerprint density at radius 1 is 1.37 bits per heavy atom. The molecule has 0 fully saturated rings. The SMILES string of the molecule is CC/C(C)=C(/C)C(=O)NCC(O)c1cccc(C)c1. The molecule has 0 saturated carbocycles. The van der Waals surface area contributed by atoms with E-state index in [2.05, 4.69) is 5.32 Å². The Morgan fingerprint density at radius 3 is 2.63 bits per heavy atom. The summed E-state index contributed by atoms with van der Waals surface area (Å²) in [6.07, 6.45) is 0.193. The fourth-order valence-corrected chi connectivity index (χ4v) is 1.78. The zero-order chi connectivity index (χ0) is 14.4. The van der Waals surface area contributed by atoms with Gasteiger partial charge in [-0.15, -0.1) is 0 Å². The number of aryl methyl sites for hydroxylation is 1. The molecule has 1 amide bonds. The Hall–Kier alpha value is -1.61. The van der Waals surface area contributed by atoms with Crippen molar-refractivity contribution in [3.63, 3.8) is 0 Å². The van der Waals surface area contributed by atoms with Gasteiger partial charge in [0.2, 0.25) is 5.91 Å². The van der Waals surface area contributed by atoms with Crippen LogP contribution in [0.2, 0.25) is 0 Å². The van der Waals surface area contributed by atoms with E-state index in [0.717, 1.165) is 28.7 Å². The van der Waals surface area contributed by atoms with E-state index < -0.39 is 6.10 Å². The molecule has 1 rings (SSSR count). The van der Waals surface area contributed by atoms with Crippen LogP contribution in [0.25, 0.3) is 0 Å². The number of hydrogen-bond donors (Lipinski definition) is 2. The summed E-state index contributed by atoms with van der Waals surface area (Å²) in [5.74, 6) is -0.106. The molecule has 1 aromatic carbocycles. The number of benzene rings is 1. The van der Waals surface area contributed by atoms with Crippen molar-refractivity contribution in [2.45, 2.75) is 40.2 Å². The highest BCUT2D eigenvalue weighted by Gasteiger charge is 2.11. The number of carbonyl (C=O) groups is 1. The lowest BCUT2D eigenvalue weighted by molar-refractivity contribution is -0.118. The number of amides is 1. The van der Waals surface area contributed by atoms with Gasteiger partial charge in [0.05, 0.1) is 6.10 Å². The lowest BCUT2D eigenvalue weighted by Crippen LogP contribution is -2.29. The minimum atomic E-state index is -0.668. The zero-order valence-corrected chi connectivity index (χ0v) is 12.2. The van der Waals surface area contributed by atoms with Crippen molar-refractivity contribution in [1.29, 1.82) is 0 Å². The topological polar surface area (TPSA) is 49.3 Å². The fourth-order valence-electron chi connectivity index (χ4n) is 1.78. The summed E-state index contributed by atoms with van der Waals surface area (Å²) in [6, 6.07) is 7.68. The molecule has 3 nitrogen and oxygen atoms in total. The van der Waals surface area contributed by atoms with Gasteiger partial charge in [-0.25, -0.2) is 0 Å². The molecule has 104 valence electrons. The van der Waals surface area contributed by atoms with E-state index in [1.165, 1.54) is 0 Å². The molecule has 0 aromatic heterocycles. The summed E-state index contributed by atoms with van der Waals surface area (Å²) in [4.78, 5) is 11.9. The van der Waals surface area contributed by atoms with Crippen LogP contribution in [0.1, 0.15) is 44.4 Å². The monoisotopic (exact) mass is 261 g/mol. The number of carbonyl (C=O) groups excluding carboxylic acids is 1. The van der Waals surface area contributed by atoms with Crippen molar-refractivity contribution in [3.05, 3.63) is 46.5 Å². The standard InChI is InChI=1S/C16H23NO2/c1-5-12(3)13(4)16(19)17-10-15(18)14-8-6-7-11(2)9-14/h6-9,15,18H,5,10H2,1-4H3,(H,17,19)/b13-12-. The van der Waals surface area contributed by atoms with Crippen LogP contribution in [0.3, 0.4) is 0 Å². The maximum atomic E-state index is 11.9. The summed E-state index contributed by atoms with van der Waals surface area (Å²) in [5.41, 5.74) is 3.73. The Balaban J connectivity index is 2.60. The summed E-state index contributed by atoms with van der Waals surface area (Å²) >= 11 is 0. The molecule has 3 heteroatoms. The largest absolute Gasteiger partial charge is 0.387 e. The Morgan fingerprint density at radius 2 is 2.05 bits per heavy atom. The molecule has 1 unspecified atom stereocenters. The van der Waals surface area contributed by atoms with Crippen LogP contribution < -0.4 is 5.32 Å². The molecular formula is C16H23NO2. The first-order valence-electron chi connectivity index (χ1n) is 6.64. The predicted octanol–water partition coefficient (Wildman–Crippen LogP) is 2.89. The number of rotatable bonds is 5. The first kappa shape index (κ1) is 15.4. The predicted molar refractivity (Wildman–Crippen MR) is 77.8 cm³/mol. The molecule has 0 bridgehead atoms. The Bertz CT molecular complexity index is 477. The molecule has 0 radical (unpaired) electrons. The number of aliphatic hydroxyl groups is 1. The molecule has 0 spiro atoms. The number of nitrogens with one attached hydrogen (secondary N) is 1. The minimum absolute atomic E-state index is 0.106. The van der Waals surface area contributed by atoms with Crippen LogP contribution in [0.5, 0.6) is 0 Å². The van der Waals surface area contributed by atoms with Crippen LogP contribution in [0.15, 0.2) is 35.4 Å². The highest BCUT2D eigenvalue weighted by atomic mass is 16.3. The number of aliphatic hydroxyl groups excluding tert-OH is 1. The van der Waals surface area contributed by atoms with Gasteiger partial charge in [0.15, 0.2) is 0 Å². The average molecular weight is 261 g/mol. The second-order valence-corrected chi connectivity index (χ2v) is 4.90. The zero-order valence-electron chi connectivity index (χ0n) is 12.2. The van der Waals surface area contributed by atoms with Crippen molar-refractivity contribution in [2.24, 2.45) is 0 Å². The lowest BCUT2D eigenvalue weighted by atomic mass is 10.1. The van der Waals surface area contributed by atoms with E-state index in [1.807, 2.05) is 52.0 Å². The average Bonchev–Trinajstić information content (AvgIpc) is 2.42. The molecule has 0 aliphatic rings. The highest BCUT2D eigenvalue weighted by molar-refractivity contribution is 5.93. The van der Waals surface area contributed by atoms with E-state index in [-0.39, 0.29) is 12.5 Å². The van der Waals surface area contributed by atoms with E-state index in [4.69, 9.17) is 0 Å². The van der Waals surface area contributed by atoms with Crippen LogP contribution in [0.4, 0.5) is 0 Å². The third-order valence-corrected chi connectivity index (χ3v) is 3.39. The van der Waals surface area contributed by atoms with Gasteiger partial charge in [0.1, 0.15) is 0 Å². The smallest absolute Gasteiger partial charge is 0.246 e. The first-order chi connectivity index (χ1) is 8.95. The molecule has 0 aliphatic carbocycles.